The molecule has 0 saturated heterocycles. The van der Waals surface area contributed by atoms with E-state index in [9.17, 15) is 8.78 Å². The number of benzene rings is 2. The smallest absolute Gasteiger partial charge is 0.131 e. The van der Waals surface area contributed by atoms with Gasteiger partial charge in [-0.3, -0.25) is 0 Å². The highest BCUT2D eigenvalue weighted by molar-refractivity contribution is 5.86. The lowest BCUT2D eigenvalue weighted by atomic mass is 10.1. The minimum Gasteiger partial charge on any atom is -0.207 e. The number of hydrogen-bond acceptors (Lipinski definition) is 0. The summed E-state index contributed by atoms with van der Waals surface area (Å²) in [5.74, 6) is -0.870. The van der Waals surface area contributed by atoms with Crippen molar-refractivity contribution in [1.29, 1.82) is 0 Å². The first-order valence-corrected chi connectivity index (χ1v) is 3.82. The Morgan fingerprint density at radius 3 is 2.62 bits per heavy atom. The predicted molar refractivity (Wildman–Crippen MR) is 47.3 cm³/mol. The molecule has 2 heteroatoms. The quantitative estimate of drug-likeness (QED) is 0.578. The molecule has 0 aliphatic carbocycles. The van der Waals surface area contributed by atoms with E-state index in [0.29, 0.717) is 5.39 Å². The van der Waals surface area contributed by atoms with Crippen LogP contribution in [0.2, 0.25) is 0 Å². The summed E-state index contributed by atoms with van der Waals surface area (Å²) < 4.78 is 26.0. The van der Waals surface area contributed by atoms with Gasteiger partial charge in [-0.1, -0.05) is 12.1 Å². The molecule has 0 spiro atoms. The third-order valence-electron chi connectivity index (χ3n) is 1.92. The molecule has 13 heavy (non-hydrogen) atoms. The van der Waals surface area contributed by atoms with Gasteiger partial charge >= 0.3 is 0 Å². The van der Waals surface area contributed by atoms with Crippen molar-refractivity contribution >= 4 is 10.8 Å². The van der Waals surface area contributed by atoms with E-state index in [4.69, 9.17) is 6.92 Å². The van der Waals surface area contributed by atoms with Crippen LogP contribution >= 0.6 is 0 Å². The first-order chi connectivity index (χ1) is 6.18. The molecule has 0 amide bonds. The summed E-state index contributed by atoms with van der Waals surface area (Å²) >= 11 is 0. The average molecular weight is 176 g/mol. The molecule has 0 unspecified atom stereocenters. The van der Waals surface area contributed by atoms with Crippen LogP contribution in [0.25, 0.3) is 10.8 Å². The lowest BCUT2D eigenvalue weighted by Gasteiger charge is -2.02. The molecule has 0 saturated carbocycles. The van der Waals surface area contributed by atoms with Crippen LogP contribution in [0.5, 0.6) is 0 Å². The highest BCUT2D eigenvalue weighted by Gasteiger charge is 2.04. The van der Waals surface area contributed by atoms with Gasteiger partial charge in [0.1, 0.15) is 11.6 Å². The van der Waals surface area contributed by atoms with Gasteiger partial charge < -0.3 is 0 Å². The van der Waals surface area contributed by atoms with Crippen molar-refractivity contribution in [3.8, 4) is 0 Å². The molecule has 0 bridgehead atoms. The summed E-state index contributed by atoms with van der Waals surface area (Å²) in [6.45, 7) is 5.48. The molecular formula is C11H6F2. The van der Waals surface area contributed by atoms with Crippen LogP contribution in [0.4, 0.5) is 8.78 Å². The van der Waals surface area contributed by atoms with Crippen molar-refractivity contribution in [3.05, 3.63) is 54.5 Å². The van der Waals surface area contributed by atoms with E-state index in [1.165, 1.54) is 18.2 Å². The lowest BCUT2D eigenvalue weighted by molar-refractivity contribution is 0.626. The number of hydrogen-bond donors (Lipinski definition) is 0. The Balaban J connectivity index is 2.94. The summed E-state index contributed by atoms with van der Waals surface area (Å²) in [4.78, 5) is 0. The first-order valence-electron chi connectivity index (χ1n) is 3.82. The average Bonchev–Trinajstić information content (AvgIpc) is 2.02. The maximum Gasteiger partial charge on any atom is 0.131 e. The Hall–Kier alpha value is -1.44. The molecule has 2 radical (unpaired) electrons. The maximum absolute atomic E-state index is 13.2. The highest BCUT2D eigenvalue weighted by atomic mass is 19.1. The number of fused-ring (bicyclic) bond motifs is 1. The Kier molecular flexibility index (Phi) is 1.76. The van der Waals surface area contributed by atoms with Crippen molar-refractivity contribution in [2.75, 3.05) is 0 Å². The van der Waals surface area contributed by atoms with Crippen molar-refractivity contribution in [2.24, 2.45) is 0 Å². The summed E-state index contributed by atoms with van der Waals surface area (Å²) in [5.41, 5.74) is 0.133. The van der Waals surface area contributed by atoms with Crippen LogP contribution < -0.4 is 0 Å². The molecule has 2 aromatic carbocycles. The van der Waals surface area contributed by atoms with E-state index in [2.05, 4.69) is 0 Å². The molecule has 0 aliphatic heterocycles. The number of rotatable bonds is 0. The summed E-state index contributed by atoms with van der Waals surface area (Å²) in [6.07, 6.45) is 0. The fourth-order valence-corrected chi connectivity index (χ4v) is 1.38. The van der Waals surface area contributed by atoms with Gasteiger partial charge in [-0.2, -0.15) is 0 Å². The summed E-state index contributed by atoms with van der Waals surface area (Å²) in [5, 5.41) is 0.765. The van der Waals surface area contributed by atoms with Crippen molar-refractivity contribution in [1.82, 2.24) is 0 Å². The molecule has 2 aromatic rings. The second-order valence-electron chi connectivity index (χ2n) is 2.83. The van der Waals surface area contributed by atoms with Crippen molar-refractivity contribution in [3.63, 3.8) is 0 Å². The second-order valence-corrected chi connectivity index (χ2v) is 2.83. The van der Waals surface area contributed by atoms with E-state index in [0.717, 1.165) is 6.07 Å². The van der Waals surface area contributed by atoms with Crippen molar-refractivity contribution in [2.45, 2.75) is 0 Å². The zero-order valence-electron chi connectivity index (χ0n) is 6.72. The zero-order valence-corrected chi connectivity index (χ0v) is 6.72. The SMILES string of the molecule is [CH]c1cc(F)cc2cccc(F)c12. The van der Waals surface area contributed by atoms with E-state index < -0.39 is 11.6 Å². The molecule has 0 nitrogen and oxygen atoms in total. The fourth-order valence-electron chi connectivity index (χ4n) is 1.38. The Labute approximate surface area is 74.8 Å². The standard InChI is InChI=1S/C11H6F2/c1-7-5-9(12)6-8-3-2-4-10(13)11(7)8/h1-6H. The van der Waals surface area contributed by atoms with E-state index in [1.54, 1.807) is 6.07 Å². The highest BCUT2D eigenvalue weighted by Crippen LogP contribution is 2.22. The number of halogens is 2. The topological polar surface area (TPSA) is 0 Å². The van der Waals surface area contributed by atoms with Gasteiger partial charge in [0, 0.05) is 5.39 Å². The minimum absolute atomic E-state index is 0.133. The predicted octanol–water partition coefficient (Wildman–Crippen LogP) is 3.18. The third kappa shape index (κ3) is 1.28. The summed E-state index contributed by atoms with van der Waals surface area (Å²) in [7, 11) is 0. The third-order valence-corrected chi connectivity index (χ3v) is 1.92. The van der Waals surface area contributed by atoms with Gasteiger partial charge in [-0.15, -0.1) is 0 Å². The van der Waals surface area contributed by atoms with E-state index in [-0.39, 0.29) is 10.9 Å². The molecule has 2 rings (SSSR count). The van der Waals surface area contributed by atoms with Gasteiger partial charge in [0.2, 0.25) is 0 Å². The normalized spacial score (nSPS) is 10.7. The molecule has 0 heterocycles. The second kappa shape index (κ2) is 2.80. The zero-order chi connectivity index (χ0) is 9.42. The molecule has 0 fully saturated rings. The fraction of sp³-hybridized carbons (Fsp3) is 0. The van der Waals surface area contributed by atoms with Crippen LogP contribution in [0.1, 0.15) is 5.56 Å². The largest absolute Gasteiger partial charge is 0.207 e. The van der Waals surface area contributed by atoms with Crippen LogP contribution in [-0.4, -0.2) is 0 Å². The van der Waals surface area contributed by atoms with Gasteiger partial charge in [-0.25, -0.2) is 8.78 Å². The van der Waals surface area contributed by atoms with Crippen molar-refractivity contribution < 1.29 is 8.78 Å². The maximum atomic E-state index is 13.2. The van der Waals surface area contributed by atoms with Gasteiger partial charge in [0.05, 0.1) is 0 Å². The van der Waals surface area contributed by atoms with Crippen LogP contribution in [0, 0.1) is 18.6 Å². The molecule has 0 aliphatic rings. The molecular weight excluding hydrogens is 170 g/mol. The lowest BCUT2D eigenvalue weighted by Crippen LogP contribution is -1.85. The van der Waals surface area contributed by atoms with E-state index >= 15 is 0 Å². The van der Waals surface area contributed by atoms with Gasteiger partial charge in [0.25, 0.3) is 0 Å². The molecule has 64 valence electrons. The molecule has 0 aromatic heterocycles. The van der Waals surface area contributed by atoms with E-state index in [1.807, 2.05) is 0 Å². The first kappa shape index (κ1) is 8.17. The molecule has 0 atom stereocenters. The van der Waals surface area contributed by atoms with Gasteiger partial charge in [0.15, 0.2) is 0 Å². The van der Waals surface area contributed by atoms with Crippen LogP contribution in [0.15, 0.2) is 30.3 Å². The Morgan fingerprint density at radius 2 is 1.85 bits per heavy atom. The van der Waals surface area contributed by atoms with Gasteiger partial charge in [-0.05, 0) is 36.1 Å². The Morgan fingerprint density at radius 1 is 1.08 bits per heavy atom. The monoisotopic (exact) mass is 176 g/mol. The Bertz CT molecular complexity index is 461. The van der Waals surface area contributed by atoms with Crippen LogP contribution in [-0.2, 0) is 0 Å². The minimum atomic E-state index is -0.449. The molecule has 0 N–H and O–H groups in total. The van der Waals surface area contributed by atoms with Crippen LogP contribution in [0.3, 0.4) is 0 Å². The summed E-state index contributed by atoms with van der Waals surface area (Å²) in [6, 6.07) is 6.82.